The SMILES string of the molecule is CCn1cc(-c2cc(C(=O)Nc3ncn(Cc4c(Cl)cccc4Cl)n3)c3ccccc3n2)c(C)n1. The van der Waals surface area contributed by atoms with E-state index >= 15 is 0 Å². The molecule has 0 saturated carbocycles. The summed E-state index contributed by atoms with van der Waals surface area (Å²) in [4.78, 5) is 22.4. The summed E-state index contributed by atoms with van der Waals surface area (Å²) in [7, 11) is 0. The molecule has 0 aliphatic heterocycles. The number of nitrogens with one attached hydrogen (secondary N) is 1. The first kappa shape index (κ1) is 23.0. The highest BCUT2D eigenvalue weighted by atomic mass is 35.5. The summed E-state index contributed by atoms with van der Waals surface area (Å²) in [6, 6.07) is 14.6. The number of anilines is 1. The van der Waals surface area contributed by atoms with Gasteiger partial charge in [-0.3, -0.25) is 14.8 Å². The van der Waals surface area contributed by atoms with Gasteiger partial charge in [0.1, 0.15) is 6.33 Å². The van der Waals surface area contributed by atoms with Crippen LogP contribution in [0, 0.1) is 6.92 Å². The predicted octanol–water partition coefficient (Wildman–Crippen LogP) is 5.63. The lowest BCUT2D eigenvalue weighted by Crippen LogP contribution is -2.14. The summed E-state index contributed by atoms with van der Waals surface area (Å²) < 4.78 is 3.42. The van der Waals surface area contributed by atoms with Crippen molar-refractivity contribution in [2.24, 2.45) is 0 Å². The van der Waals surface area contributed by atoms with Gasteiger partial charge in [-0.05, 0) is 38.1 Å². The van der Waals surface area contributed by atoms with Crippen molar-refractivity contribution in [2.45, 2.75) is 26.9 Å². The second-order valence-corrected chi connectivity index (χ2v) is 8.79. The zero-order valence-electron chi connectivity index (χ0n) is 19.0. The van der Waals surface area contributed by atoms with Crippen molar-refractivity contribution in [1.29, 1.82) is 0 Å². The molecule has 1 amide bonds. The Hall–Kier alpha value is -3.75. The van der Waals surface area contributed by atoms with Crippen molar-refractivity contribution in [3.05, 3.63) is 87.9 Å². The van der Waals surface area contributed by atoms with Crippen LogP contribution in [-0.2, 0) is 13.1 Å². The molecule has 10 heteroatoms. The van der Waals surface area contributed by atoms with Crippen LogP contribution in [0.1, 0.15) is 28.5 Å². The zero-order valence-corrected chi connectivity index (χ0v) is 20.5. The van der Waals surface area contributed by atoms with E-state index in [1.807, 2.05) is 49.0 Å². The average molecular weight is 506 g/mol. The first-order valence-electron chi connectivity index (χ1n) is 11.0. The number of aromatic nitrogens is 6. The first-order valence-corrected chi connectivity index (χ1v) is 11.8. The maximum absolute atomic E-state index is 13.3. The fourth-order valence-electron chi connectivity index (χ4n) is 3.87. The molecule has 5 rings (SSSR count). The largest absolute Gasteiger partial charge is 0.289 e. The molecule has 0 fully saturated rings. The number of fused-ring (bicyclic) bond motifs is 1. The van der Waals surface area contributed by atoms with Crippen LogP contribution in [0.5, 0.6) is 0 Å². The molecule has 0 aliphatic carbocycles. The number of carbonyl (C=O) groups excluding carboxylic acids is 1. The summed E-state index contributed by atoms with van der Waals surface area (Å²) in [6.07, 6.45) is 3.46. The Kier molecular flexibility index (Phi) is 6.23. The third-order valence-electron chi connectivity index (χ3n) is 5.65. The molecule has 3 heterocycles. The van der Waals surface area contributed by atoms with Gasteiger partial charge >= 0.3 is 0 Å². The van der Waals surface area contributed by atoms with E-state index in [2.05, 4.69) is 20.5 Å². The summed E-state index contributed by atoms with van der Waals surface area (Å²) in [6.45, 7) is 5.02. The molecule has 0 unspecified atom stereocenters. The quantitative estimate of drug-likeness (QED) is 0.323. The Bertz CT molecular complexity index is 1540. The molecule has 0 saturated heterocycles. The van der Waals surface area contributed by atoms with Gasteiger partial charge in [0.2, 0.25) is 5.95 Å². The standard InChI is InChI=1S/C25H21Cl2N7O/c1-3-33-12-18(15(2)31-33)23-11-17(16-7-4-5-10-22(16)29-23)24(35)30-25-28-14-34(32-25)13-19-20(26)8-6-9-21(19)27/h4-12,14H,3,13H2,1-2H3,(H,30,32,35). The van der Waals surface area contributed by atoms with Crippen LogP contribution < -0.4 is 5.32 Å². The highest BCUT2D eigenvalue weighted by Crippen LogP contribution is 2.28. The molecule has 35 heavy (non-hydrogen) atoms. The van der Waals surface area contributed by atoms with Crippen molar-refractivity contribution in [2.75, 3.05) is 5.32 Å². The van der Waals surface area contributed by atoms with E-state index in [-0.39, 0.29) is 11.9 Å². The van der Waals surface area contributed by atoms with Crippen LogP contribution in [0.3, 0.4) is 0 Å². The van der Waals surface area contributed by atoms with Crippen LogP contribution in [-0.4, -0.2) is 35.4 Å². The average Bonchev–Trinajstić information content (AvgIpc) is 3.46. The smallest absolute Gasteiger partial charge is 0.258 e. The summed E-state index contributed by atoms with van der Waals surface area (Å²) in [5.41, 5.74) is 4.32. The van der Waals surface area contributed by atoms with Gasteiger partial charge in [0.05, 0.1) is 29.0 Å². The first-order chi connectivity index (χ1) is 16.9. The second-order valence-electron chi connectivity index (χ2n) is 7.98. The molecule has 5 aromatic rings. The van der Waals surface area contributed by atoms with Gasteiger partial charge in [0.15, 0.2) is 0 Å². The van der Waals surface area contributed by atoms with Crippen molar-refractivity contribution in [3.8, 4) is 11.3 Å². The minimum absolute atomic E-state index is 0.176. The molecule has 2 aromatic carbocycles. The fourth-order valence-corrected chi connectivity index (χ4v) is 4.39. The molecule has 0 atom stereocenters. The second kappa shape index (κ2) is 9.48. The minimum Gasteiger partial charge on any atom is -0.289 e. The number of halogens is 2. The lowest BCUT2D eigenvalue weighted by molar-refractivity contribution is 0.102. The van der Waals surface area contributed by atoms with Crippen molar-refractivity contribution >= 4 is 46.0 Å². The molecule has 3 aromatic heterocycles. The van der Waals surface area contributed by atoms with Gasteiger partial charge in [0, 0.05) is 39.3 Å². The number of nitrogens with zero attached hydrogens (tertiary/aromatic N) is 6. The molecule has 0 spiro atoms. The van der Waals surface area contributed by atoms with E-state index in [4.69, 9.17) is 28.2 Å². The number of benzene rings is 2. The van der Waals surface area contributed by atoms with Crippen LogP contribution in [0.2, 0.25) is 10.0 Å². The minimum atomic E-state index is -0.334. The molecule has 8 nitrogen and oxygen atoms in total. The van der Waals surface area contributed by atoms with Gasteiger partial charge in [-0.2, -0.15) is 5.10 Å². The molecule has 0 radical (unpaired) electrons. The molecular weight excluding hydrogens is 485 g/mol. The fraction of sp³-hybridized carbons (Fsp3) is 0.160. The molecule has 0 aliphatic rings. The van der Waals surface area contributed by atoms with Crippen LogP contribution >= 0.6 is 23.2 Å². The maximum Gasteiger partial charge on any atom is 0.258 e. The van der Waals surface area contributed by atoms with E-state index in [1.165, 1.54) is 6.33 Å². The highest BCUT2D eigenvalue weighted by Gasteiger charge is 2.18. The third kappa shape index (κ3) is 4.62. The van der Waals surface area contributed by atoms with E-state index in [9.17, 15) is 4.79 Å². The van der Waals surface area contributed by atoms with Gasteiger partial charge in [-0.1, -0.05) is 47.5 Å². The number of hydrogen-bond donors (Lipinski definition) is 1. The van der Waals surface area contributed by atoms with E-state index < -0.39 is 0 Å². The van der Waals surface area contributed by atoms with Crippen molar-refractivity contribution < 1.29 is 4.79 Å². The van der Waals surface area contributed by atoms with Gasteiger partial charge < -0.3 is 0 Å². The predicted molar refractivity (Wildman–Crippen MR) is 137 cm³/mol. The van der Waals surface area contributed by atoms with E-state index in [0.717, 1.165) is 28.8 Å². The van der Waals surface area contributed by atoms with Crippen LogP contribution in [0.25, 0.3) is 22.2 Å². The molecular formula is C25H21Cl2N7O. The van der Waals surface area contributed by atoms with Crippen molar-refractivity contribution in [1.82, 2.24) is 29.5 Å². The van der Waals surface area contributed by atoms with Crippen LogP contribution in [0.4, 0.5) is 5.95 Å². The Balaban J connectivity index is 1.46. The molecule has 0 bridgehead atoms. The van der Waals surface area contributed by atoms with E-state index in [0.29, 0.717) is 33.4 Å². The Morgan fingerprint density at radius 2 is 1.80 bits per heavy atom. The molecule has 1 N–H and O–H groups in total. The number of rotatable bonds is 6. The van der Waals surface area contributed by atoms with Crippen LogP contribution in [0.15, 0.2) is 61.1 Å². The maximum atomic E-state index is 13.3. The summed E-state index contributed by atoms with van der Waals surface area (Å²) in [5.74, 6) is -0.158. The topological polar surface area (TPSA) is 90.5 Å². The number of amides is 1. The Morgan fingerprint density at radius 3 is 2.54 bits per heavy atom. The Labute approximate surface area is 211 Å². The lowest BCUT2D eigenvalue weighted by Gasteiger charge is -2.09. The zero-order chi connectivity index (χ0) is 24.5. The Morgan fingerprint density at radius 1 is 1.03 bits per heavy atom. The van der Waals surface area contributed by atoms with Gasteiger partial charge in [-0.15, -0.1) is 5.10 Å². The molecule has 176 valence electrons. The number of carbonyl (C=O) groups is 1. The number of hydrogen-bond acceptors (Lipinski definition) is 5. The van der Waals surface area contributed by atoms with Crippen molar-refractivity contribution in [3.63, 3.8) is 0 Å². The number of pyridine rings is 1. The summed E-state index contributed by atoms with van der Waals surface area (Å²) >= 11 is 12.5. The third-order valence-corrected chi connectivity index (χ3v) is 6.36. The number of aryl methyl sites for hydroxylation is 2. The monoisotopic (exact) mass is 505 g/mol. The summed E-state index contributed by atoms with van der Waals surface area (Å²) in [5, 5.41) is 13.5. The van der Waals surface area contributed by atoms with Gasteiger partial charge in [-0.25, -0.2) is 14.6 Å². The highest BCUT2D eigenvalue weighted by molar-refractivity contribution is 6.36. The number of para-hydroxylation sites is 1. The normalized spacial score (nSPS) is 11.2. The van der Waals surface area contributed by atoms with Gasteiger partial charge in [0.25, 0.3) is 5.91 Å². The lowest BCUT2D eigenvalue weighted by atomic mass is 10.0. The van der Waals surface area contributed by atoms with E-state index in [1.54, 1.807) is 28.9 Å².